The Balaban J connectivity index is 1.31. The lowest BCUT2D eigenvalue weighted by molar-refractivity contribution is -0.146. The van der Waals surface area contributed by atoms with Gasteiger partial charge >= 0.3 is 11.7 Å². The summed E-state index contributed by atoms with van der Waals surface area (Å²) in [5.74, 6) is -1.06. The summed E-state index contributed by atoms with van der Waals surface area (Å²) in [6, 6.07) is 13.7. The van der Waals surface area contributed by atoms with Crippen molar-refractivity contribution >= 4 is 28.7 Å². The van der Waals surface area contributed by atoms with Crippen molar-refractivity contribution in [3.05, 3.63) is 70.8 Å². The Morgan fingerprint density at radius 2 is 1.91 bits per heavy atom. The zero-order valence-electron chi connectivity index (χ0n) is 16.9. The zero-order valence-corrected chi connectivity index (χ0v) is 16.9. The van der Waals surface area contributed by atoms with Gasteiger partial charge in [-0.25, -0.2) is 4.79 Å². The molecular weight excluding hydrogens is 420 g/mol. The first kappa shape index (κ1) is 20.8. The minimum Gasteiger partial charge on any atom is -0.495 e. The SMILES string of the molecule is COc1ccccc1NC(=O)Cc1noc(COC(=O)Cn2c(=O)oc3ccccc32)n1. The van der Waals surface area contributed by atoms with Crippen LogP contribution < -0.4 is 15.8 Å². The Labute approximate surface area is 180 Å². The number of aromatic nitrogens is 3. The second-order valence-electron chi connectivity index (χ2n) is 6.61. The molecule has 1 N–H and O–H groups in total. The second-order valence-corrected chi connectivity index (χ2v) is 6.61. The summed E-state index contributed by atoms with van der Waals surface area (Å²) in [6.07, 6.45) is -0.147. The number of carbonyl (C=O) groups excluding carboxylic acids is 2. The van der Waals surface area contributed by atoms with E-state index in [2.05, 4.69) is 15.5 Å². The van der Waals surface area contributed by atoms with Gasteiger partial charge in [-0.05, 0) is 24.3 Å². The molecule has 0 aliphatic carbocycles. The highest BCUT2D eigenvalue weighted by molar-refractivity contribution is 5.93. The predicted molar refractivity (Wildman–Crippen MR) is 110 cm³/mol. The Morgan fingerprint density at radius 1 is 1.12 bits per heavy atom. The number of amides is 1. The van der Waals surface area contributed by atoms with E-state index in [0.717, 1.165) is 0 Å². The number of ether oxygens (including phenoxy) is 2. The van der Waals surface area contributed by atoms with Crippen molar-refractivity contribution in [3.8, 4) is 5.75 Å². The summed E-state index contributed by atoms with van der Waals surface area (Å²) < 4.78 is 21.5. The van der Waals surface area contributed by atoms with E-state index in [-0.39, 0.29) is 37.2 Å². The monoisotopic (exact) mass is 438 g/mol. The molecule has 0 unspecified atom stereocenters. The van der Waals surface area contributed by atoms with Crippen molar-refractivity contribution in [2.75, 3.05) is 12.4 Å². The van der Waals surface area contributed by atoms with E-state index >= 15 is 0 Å². The third-order valence-electron chi connectivity index (χ3n) is 4.43. The van der Waals surface area contributed by atoms with Crippen LogP contribution in [0.1, 0.15) is 11.7 Å². The molecule has 0 saturated carbocycles. The average Bonchev–Trinajstić information content (AvgIpc) is 3.36. The molecule has 0 atom stereocenters. The lowest BCUT2D eigenvalue weighted by Gasteiger charge is -2.08. The minimum absolute atomic E-state index is 0.0165. The van der Waals surface area contributed by atoms with Gasteiger partial charge < -0.3 is 23.7 Å². The highest BCUT2D eigenvalue weighted by Gasteiger charge is 2.16. The van der Waals surface area contributed by atoms with Gasteiger partial charge in [0.25, 0.3) is 5.89 Å². The topological polar surface area (TPSA) is 139 Å². The number of esters is 1. The molecule has 0 radical (unpaired) electrons. The number of hydrogen-bond acceptors (Lipinski definition) is 9. The number of benzene rings is 2. The van der Waals surface area contributed by atoms with Crippen molar-refractivity contribution in [2.24, 2.45) is 0 Å². The van der Waals surface area contributed by atoms with Crippen molar-refractivity contribution in [3.63, 3.8) is 0 Å². The summed E-state index contributed by atoms with van der Waals surface area (Å²) in [4.78, 5) is 40.3. The molecule has 4 aromatic rings. The molecule has 2 aromatic carbocycles. The number of oxazole rings is 1. The first-order chi connectivity index (χ1) is 15.5. The number of nitrogens with one attached hydrogen (secondary N) is 1. The molecule has 0 saturated heterocycles. The van der Waals surface area contributed by atoms with Gasteiger partial charge in [0.05, 0.1) is 24.7 Å². The lowest BCUT2D eigenvalue weighted by atomic mass is 10.2. The number of anilines is 1. The molecule has 2 heterocycles. The normalized spacial score (nSPS) is 10.8. The summed E-state index contributed by atoms with van der Waals surface area (Å²) in [5.41, 5.74) is 1.37. The Morgan fingerprint density at radius 3 is 2.75 bits per heavy atom. The van der Waals surface area contributed by atoms with Crippen LogP contribution in [0.2, 0.25) is 0 Å². The van der Waals surface area contributed by atoms with E-state index < -0.39 is 11.7 Å². The number of rotatable bonds is 8. The number of fused-ring (bicyclic) bond motifs is 1. The highest BCUT2D eigenvalue weighted by atomic mass is 16.6. The molecule has 11 heteroatoms. The first-order valence-electron chi connectivity index (χ1n) is 9.52. The average molecular weight is 438 g/mol. The molecular formula is C21H18N4O7. The van der Waals surface area contributed by atoms with Gasteiger partial charge in [-0.15, -0.1) is 0 Å². The van der Waals surface area contributed by atoms with Crippen LogP contribution in [-0.2, 0) is 33.9 Å². The van der Waals surface area contributed by atoms with Gasteiger partial charge in [-0.1, -0.05) is 29.4 Å². The van der Waals surface area contributed by atoms with Crippen LogP contribution >= 0.6 is 0 Å². The highest BCUT2D eigenvalue weighted by Crippen LogP contribution is 2.23. The minimum atomic E-state index is -0.688. The molecule has 4 rings (SSSR count). The summed E-state index contributed by atoms with van der Waals surface area (Å²) in [6.45, 7) is -0.636. The zero-order chi connectivity index (χ0) is 22.5. The third kappa shape index (κ3) is 4.67. The van der Waals surface area contributed by atoms with Crippen LogP contribution in [0.25, 0.3) is 11.1 Å². The summed E-state index contributed by atoms with van der Waals surface area (Å²) in [7, 11) is 1.50. The molecule has 1 amide bonds. The predicted octanol–water partition coefficient (Wildman–Crippen LogP) is 1.91. The number of carbonyl (C=O) groups is 2. The molecule has 2 aromatic heterocycles. The van der Waals surface area contributed by atoms with Crippen molar-refractivity contribution in [1.29, 1.82) is 0 Å². The lowest BCUT2D eigenvalue weighted by Crippen LogP contribution is -2.21. The van der Waals surface area contributed by atoms with E-state index in [1.165, 1.54) is 11.7 Å². The smallest absolute Gasteiger partial charge is 0.420 e. The van der Waals surface area contributed by atoms with Crippen LogP contribution in [-0.4, -0.2) is 33.7 Å². The Hall–Kier alpha value is -4.41. The summed E-state index contributed by atoms with van der Waals surface area (Å²) in [5, 5.41) is 6.41. The maximum absolute atomic E-state index is 12.2. The molecule has 0 aliphatic heterocycles. The van der Waals surface area contributed by atoms with Gasteiger partial charge in [0.2, 0.25) is 5.91 Å². The van der Waals surface area contributed by atoms with E-state index in [4.69, 9.17) is 18.4 Å². The van der Waals surface area contributed by atoms with Gasteiger partial charge in [0.15, 0.2) is 18.0 Å². The second kappa shape index (κ2) is 9.16. The number of methoxy groups -OCH3 is 1. The van der Waals surface area contributed by atoms with Gasteiger partial charge in [0, 0.05) is 0 Å². The van der Waals surface area contributed by atoms with Crippen molar-refractivity contribution < 1.29 is 28.0 Å². The molecule has 0 spiro atoms. The van der Waals surface area contributed by atoms with Crippen LogP contribution in [0.4, 0.5) is 5.69 Å². The van der Waals surface area contributed by atoms with E-state index in [0.29, 0.717) is 22.5 Å². The first-order valence-corrected chi connectivity index (χ1v) is 9.52. The molecule has 164 valence electrons. The molecule has 32 heavy (non-hydrogen) atoms. The van der Waals surface area contributed by atoms with E-state index in [1.54, 1.807) is 48.5 Å². The van der Waals surface area contributed by atoms with Crippen molar-refractivity contribution in [1.82, 2.24) is 14.7 Å². The number of nitrogens with zero attached hydrogens (tertiary/aromatic N) is 3. The fourth-order valence-electron chi connectivity index (χ4n) is 2.99. The molecule has 0 bridgehead atoms. The van der Waals surface area contributed by atoms with E-state index in [9.17, 15) is 14.4 Å². The standard InChI is InChI=1S/C21H18N4O7/c1-29-15-8-4-2-6-13(15)22-18(26)10-17-23-19(32-24-17)12-30-20(27)11-25-14-7-3-5-9-16(14)31-21(25)28/h2-9H,10-12H2,1H3,(H,22,26). The van der Waals surface area contributed by atoms with Crippen LogP contribution in [0.5, 0.6) is 5.75 Å². The Bertz CT molecular complexity index is 1320. The van der Waals surface area contributed by atoms with Crippen molar-refractivity contribution in [2.45, 2.75) is 19.6 Å². The third-order valence-corrected chi connectivity index (χ3v) is 4.43. The van der Waals surface area contributed by atoms with Crippen LogP contribution in [0.3, 0.4) is 0 Å². The largest absolute Gasteiger partial charge is 0.495 e. The van der Waals surface area contributed by atoms with Gasteiger partial charge in [-0.2, -0.15) is 4.98 Å². The molecule has 0 aliphatic rings. The number of para-hydroxylation sites is 4. The van der Waals surface area contributed by atoms with E-state index in [1.807, 2.05) is 0 Å². The van der Waals surface area contributed by atoms with Gasteiger partial charge in [0.1, 0.15) is 12.3 Å². The number of hydrogen-bond donors (Lipinski definition) is 1. The quantitative estimate of drug-likeness (QED) is 0.409. The molecule has 11 nitrogen and oxygen atoms in total. The maximum atomic E-state index is 12.2. The van der Waals surface area contributed by atoms with Crippen LogP contribution in [0, 0.1) is 0 Å². The maximum Gasteiger partial charge on any atom is 0.420 e. The molecule has 0 fully saturated rings. The fraction of sp³-hybridized carbons (Fsp3) is 0.190. The van der Waals surface area contributed by atoms with Gasteiger partial charge in [-0.3, -0.25) is 14.2 Å². The Kier molecular flexibility index (Phi) is 5.97. The summed E-state index contributed by atoms with van der Waals surface area (Å²) >= 11 is 0. The fourth-order valence-corrected chi connectivity index (χ4v) is 2.99. The van der Waals surface area contributed by atoms with Crippen LogP contribution in [0.15, 0.2) is 62.3 Å².